The highest BCUT2D eigenvalue weighted by molar-refractivity contribution is 6.27. The van der Waals surface area contributed by atoms with Crippen LogP contribution in [-0.4, -0.2) is 19.1 Å². The van der Waals surface area contributed by atoms with Gasteiger partial charge in [-0.15, -0.1) is 0 Å². The number of benzene rings is 10. The minimum absolute atomic E-state index is 0.0841. The van der Waals surface area contributed by atoms with Crippen LogP contribution < -0.4 is 0 Å². The molecule has 4 heteroatoms. The monoisotopic (exact) mass is 868 g/mol. The van der Waals surface area contributed by atoms with Crippen molar-refractivity contribution in [1.29, 1.82) is 0 Å². The van der Waals surface area contributed by atoms with Gasteiger partial charge in [0, 0.05) is 60.3 Å². The van der Waals surface area contributed by atoms with Gasteiger partial charge < -0.3 is 9.13 Å². The van der Waals surface area contributed by atoms with Crippen molar-refractivity contribution in [2.45, 2.75) is 25.7 Å². The number of fused-ring (bicyclic) bond motifs is 11. The Kier molecular flexibility index (Phi) is 8.66. The van der Waals surface area contributed by atoms with Crippen LogP contribution in [0.1, 0.15) is 30.7 Å². The Labute approximate surface area is 393 Å². The smallest absolute Gasteiger partial charge is 0.136 e. The summed E-state index contributed by atoms with van der Waals surface area (Å²) >= 11 is 0. The molecule has 0 aliphatic heterocycles. The fourth-order valence-electron chi connectivity index (χ4n) is 11.6. The maximum Gasteiger partial charge on any atom is 0.136 e. The highest BCUT2D eigenvalue weighted by Crippen LogP contribution is 2.48. The molecule has 3 heterocycles. The molecule has 1 atom stereocenters. The first-order valence-corrected chi connectivity index (χ1v) is 23.8. The number of hydrogen-bond donors (Lipinski definition) is 0. The van der Waals surface area contributed by atoms with Gasteiger partial charge in [-0.05, 0) is 70.1 Å². The normalized spacial score (nSPS) is 14.0. The van der Waals surface area contributed by atoms with Gasteiger partial charge in [0.25, 0.3) is 0 Å². The van der Waals surface area contributed by atoms with Gasteiger partial charge in [0.1, 0.15) is 5.82 Å². The Bertz CT molecular complexity index is 4220. The van der Waals surface area contributed by atoms with Gasteiger partial charge in [-0.2, -0.15) is 0 Å². The zero-order valence-corrected chi connectivity index (χ0v) is 37.6. The average molecular weight is 869 g/mol. The molecule has 1 unspecified atom stereocenters. The van der Waals surface area contributed by atoms with Crippen molar-refractivity contribution in [1.82, 2.24) is 19.1 Å². The van der Waals surface area contributed by atoms with E-state index in [-0.39, 0.29) is 5.92 Å². The fourth-order valence-corrected chi connectivity index (χ4v) is 11.6. The van der Waals surface area contributed by atoms with Crippen LogP contribution in [0.4, 0.5) is 0 Å². The summed E-state index contributed by atoms with van der Waals surface area (Å²) in [5.74, 6) is 0.940. The van der Waals surface area contributed by atoms with Gasteiger partial charge in [-0.25, -0.2) is 9.97 Å². The maximum atomic E-state index is 5.65. The summed E-state index contributed by atoms with van der Waals surface area (Å²) in [6, 6.07) is 71.5. The molecule has 68 heavy (non-hydrogen) atoms. The summed E-state index contributed by atoms with van der Waals surface area (Å²) in [4.78, 5) is 11.1. The SMILES string of the molecule is CCc1c(-c2ccccc2)nc(C2C=CC=CC2)nc1-c1c2ccccc2c(-n2c3ccccc3c3cc4c5c6ccccc6ccc5n(-c5cccc6ccccc56)c4cc32)c2ccccc12. The minimum atomic E-state index is 0.0841. The van der Waals surface area contributed by atoms with Crippen molar-refractivity contribution in [2.24, 2.45) is 0 Å². The quantitative estimate of drug-likeness (QED) is 0.156. The summed E-state index contributed by atoms with van der Waals surface area (Å²) in [6.45, 7) is 2.25. The second-order valence-corrected chi connectivity index (χ2v) is 18.2. The second-order valence-electron chi connectivity index (χ2n) is 18.2. The third-order valence-electron chi connectivity index (χ3n) is 14.6. The molecule has 14 rings (SSSR count). The number of aromatic nitrogens is 4. The summed E-state index contributed by atoms with van der Waals surface area (Å²) in [5, 5.41) is 14.6. The van der Waals surface area contributed by atoms with E-state index in [1.54, 1.807) is 0 Å². The largest absolute Gasteiger partial charge is 0.309 e. The van der Waals surface area contributed by atoms with Crippen LogP contribution in [0, 0.1) is 0 Å². The van der Waals surface area contributed by atoms with E-state index in [4.69, 9.17) is 9.97 Å². The predicted molar refractivity (Wildman–Crippen MR) is 287 cm³/mol. The number of nitrogens with zero attached hydrogens (tertiary/aromatic N) is 4. The van der Waals surface area contributed by atoms with Gasteiger partial charge in [0.2, 0.25) is 0 Å². The zero-order chi connectivity index (χ0) is 44.9. The van der Waals surface area contributed by atoms with Crippen molar-refractivity contribution in [3.05, 3.63) is 230 Å². The Morgan fingerprint density at radius 2 is 1.07 bits per heavy atom. The highest BCUT2D eigenvalue weighted by Gasteiger charge is 2.27. The number of para-hydroxylation sites is 1. The summed E-state index contributed by atoms with van der Waals surface area (Å²) in [7, 11) is 0. The molecular formula is C64H44N4. The molecule has 0 saturated heterocycles. The Morgan fingerprint density at radius 3 is 1.81 bits per heavy atom. The van der Waals surface area contributed by atoms with Crippen molar-refractivity contribution >= 4 is 86.7 Å². The standard InChI is InChI=1S/C64H44N4/c1-2-44-61(42-22-5-3-6-23-42)65-64(43-24-7-4-8-25-43)66-62(44)60-48-30-13-15-32-50(48)63(51-33-16-14-31-49(51)60)68-55-34-18-17-29-47(55)52-38-53-58(39-57(52)68)67(54-35-19-26-40-20-9-11-27-45(40)54)56-37-36-41-21-10-12-28-46(41)59(53)56/h3-24,26-39,43H,2,25H2,1H3. The lowest BCUT2D eigenvalue weighted by atomic mass is 9.88. The van der Waals surface area contributed by atoms with Gasteiger partial charge >= 0.3 is 0 Å². The first-order valence-electron chi connectivity index (χ1n) is 23.8. The number of rotatable bonds is 6. The molecule has 13 aromatic rings. The van der Waals surface area contributed by atoms with Crippen molar-refractivity contribution < 1.29 is 0 Å². The van der Waals surface area contributed by atoms with E-state index in [1.165, 1.54) is 92.6 Å². The Balaban J connectivity index is 1.12. The molecule has 0 amide bonds. The van der Waals surface area contributed by atoms with Crippen LogP contribution in [-0.2, 0) is 6.42 Å². The molecule has 0 fully saturated rings. The van der Waals surface area contributed by atoms with Crippen LogP contribution in [0.15, 0.2) is 218 Å². The Hall–Kier alpha value is -8.60. The lowest BCUT2D eigenvalue weighted by Gasteiger charge is -2.23. The maximum absolute atomic E-state index is 5.65. The summed E-state index contributed by atoms with van der Waals surface area (Å²) < 4.78 is 5.07. The molecular weight excluding hydrogens is 825 g/mol. The topological polar surface area (TPSA) is 35.6 Å². The summed E-state index contributed by atoms with van der Waals surface area (Å²) in [5.41, 5.74) is 12.5. The zero-order valence-electron chi connectivity index (χ0n) is 37.6. The molecule has 0 bridgehead atoms. The third kappa shape index (κ3) is 5.67. The average Bonchev–Trinajstić information content (AvgIpc) is 3.91. The highest BCUT2D eigenvalue weighted by atomic mass is 15.0. The minimum Gasteiger partial charge on any atom is -0.309 e. The first kappa shape index (κ1) is 38.6. The van der Waals surface area contributed by atoms with Crippen molar-refractivity contribution in [3.8, 4) is 33.9 Å². The van der Waals surface area contributed by atoms with Gasteiger partial charge in [-0.3, -0.25) is 0 Å². The van der Waals surface area contributed by atoms with Crippen LogP contribution in [0.25, 0.3) is 121 Å². The number of allylic oxidation sites excluding steroid dienone is 4. The fraction of sp³-hybridized carbons (Fsp3) is 0.0625. The van der Waals surface area contributed by atoms with E-state index in [0.29, 0.717) is 0 Å². The van der Waals surface area contributed by atoms with Gasteiger partial charge in [0.15, 0.2) is 0 Å². The Morgan fingerprint density at radius 1 is 0.456 bits per heavy atom. The predicted octanol–water partition coefficient (Wildman–Crippen LogP) is 16.8. The van der Waals surface area contributed by atoms with Crippen LogP contribution >= 0.6 is 0 Å². The molecule has 10 aromatic carbocycles. The van der Waals surface area contributed by atoms with Crippen LogP contribution in [0.2, 0.25) is 0 Å². The van der Waals surface area contributed by atoms with E-state index in [0.717, 1.165) is 52.3 Å². The molecule has 320 valence electrons. The second kappa shape index (κ2) is 15.2. The lowest BCUT2D eigenvalue weighted by Crippen LogP contribution is -2.09. The van der Waals surface area contributed by atoms with E-state index >= 15 is 0 Å². The van der Waals surface area contributed by atoms with Gasteiger partial charge in [-0.1, -0.05) is 195 Å². The van der Waals surface area contributed by atoms with Crippen molar-refractivity contribution in [2.75, 3.05) is 0 Å². The molecule has 3 aromatic heterocycles. The van der Waals surface area contributed by atoms with Crippen molar-refractivity contribution in [3.63, 3.8) is 0 Å². The van der Waals surface area contributed by atoms with E-state index in [9.17, 15) is 0 Å². The number of hydrogen-bond acceptors (Lipinski definition) is 2. The molecule has 0 spiro atoms. The van der Waals surface area contributed by atoms with E-state index in [2.05, 4.69) is 234 Å². The van der Waals surface area contributed by atoms with Gasteiger partial charge in [0.05, 0.1) is 44.8 Å². The first-order chi connectivity index (χ1) is 33.7. The molecule has 1 aliphatic rings. The van der Waals surface area contributed by atoms with Crippen LogP contribution in [0.3, 0.4) is 0 Å². The molecule has 0 saturated carbocycles. The molecule has 1 aliphatic carbocycles. The summed E-state index contributed by atoms with van der Waals surface area (Å²) in [6.07, 6.45) is 10.4. The lowest BCUT2D eigenvalue weighted by molar-refractivity contribution is 0.771. The van der Waals surface area contributed by atoms with Crippen LogP contribution in [0.5, 0.6) is 0 Å². The molecule has 4 nitrogen and oxygen atoms in total. The third-order valence-corrected chi connectivity index (χ3v) is 14.6. The van der Waals surface area contributed by atoms with E-state index in [1.807, 2.05) is 0 Å². The molecule has 0 radical (unpaired) electrons. The molecule has 0 N–H and O–H groups in total. The van der Waals surface area contributed by atoms with E-state index < -0.39 is 0 Å².